The number of carbonyl (C=O) groups is 1. The fourth-order valence-corrected chi connectivity index (χ4v) is 1.75. The summed E-state index contributed by atoms with van der Waals surface area (Å²) < 4.78 is 10.5. The maximum Gasteiger partial charge on any atom is 0.408 e. The molecule has 1 amide bonds. The first kappa shape index (κ1) is 17.1. The van der Waals surface area contributed by atoms with E-state index in [1.807, 2.05) is 6.92 Å². The number of ether oxygens (including phenoxy) is 2. The molecular formula is C15H24N2O4. The van der Waals surface area contributed by atoms with Gasteiger partial charge in [0.1, 0.15) is 5.60 Å². The van der Waals surface area contributed by atoms with Crippen LogP contribution < -0.4 is 15.8 Å². The first-order valence-electron chi connectivity index (χ1n) is 6.92. The molecule has 1 unspecified atom stereocenters. The molecule has 0 spiro atoms. The minimum absolute atomic E-state index is 0.0497. The van der Waals surface area contributed by atoms with Crippen LogP contribution in [-0.2, 0) is 4.74 Å². The highest BCUT2D eigenvalue weighted by atomic mass is 16.6. The van der Waals surface area contributed by atoms with E-state index in [2.05, 4.69) is 5.32 Å². The fraction of sp³-hybridized carbons (Fsp3) is 0.533. The number of benzene rings is 1. The van der Waals surface area contributed by atoms with E-state index in [4.69, 9.17) is 15.2 Å². The molecule has 0 saturated heterocycles. The van der Waals surface area contributed by atoms with Crippen molar-refractivity contribution in [2.45, 2.75) is 39.3 Å². The lowest BCUT2D eigenvalue weighted by Crippen LogP contribution is -2.37. The SMILES string of the molecule is CCOc1cc(C(CN)NC(=O)OC(C)(C)C)ccc1O. The Bertz CT molecular complexity index is 483. The average molecular weight is 296 g/mol. The molecule has 1 aromatic carbocycles. The molecule has 0 heterocycles. The molecule has 1 aromatic rings. The summed E-state index contributed by atoms with van der Waals surface area (Å²) in [6, 6.07) is 4.44. The zero-order chi connectivity index (χ0) is 16.0. The molecule has 6 nitrogen and oxygen atoms in total. The second kappa shape index (κ2) is 7.17. The van der Waals surface area contributed by atoms with Gasteiger partial charge in [-0.05, 0) is 45.4 Å². The Morgan fingerprint density at radius 2 is 2.10 bits per heavy atom. The van der Waals surface area contributed by atoms with E-state index in [1.54, 1.807) is 32.9 Å². The van der Waals surface area contributed by atoms with Crippen molar-refractivity contribution in [3.05, 3.63) is 23.8 Å². The number of phenolic OH excluding ortho intramolecular Hbond substituents is 1. The Hall–Kier alpha value is -1.95. The van der Waals surface area contributed by atoms with E-state index in [1.165, 1.54) is 6.07 Å². The molecule has 0 aliphatic heterocycles. The highest BCUT2D eigenvalue weighted by molar-refractivity contribution is 5.68. The lowest BCUT2D eigenvalue weighted by molar-refractivity contribution is 0.0505. The van der Waals surface area contributed by atoms with Crippen LogP contribution in [0.15, 0.2) is 18.2 Å². The third kappa shape index (κ3) is 5.51. The number of nitrogens with one attached hydrogen (secondary N) is 1. The van der Waals surface area contributed by atoms with E-state index in [9.17, 15) is 9.90 Å². The molecule has 21 heavy (non-hydrogen) atoms. The first-order valence-corrected chi connectivity index (χ1v) is 6.92. The summed E-state index contributed by atoms with van der Waals surface area (Å²) >= 11 is 0. The smallest absolute Gasteiger partial charge is 0.408 e. The van der Waals surface area contributed by atoms with Gasteiger partial charge in [0, 0.05) is 6.54 Å². The van der Waals surface area contributed by atoms with Crippen LogP contribution in [0.25, 0.3) is 0 Å². The second-order valence-electron chi connectivity index (χ2n) is 5.59. The zero-order valence-corrected chi connectivity index (χ0v) is 13.0. The molecule has 4 N–H and O–H groups in total. The third-order valence-corrected chi connectivity index (χ3v) is 2.61. The summed E-state index contributed by atoms with van der Waals surface area (Å²) in [6.07, 6.45) is -0.538. The number of hydrogen-bond donors (Lipinski definition) is 3. The van der Waals surface area contributed by atoms with Gasteiger partial charge >= 0.3 is 6.09 Å². The van der Waals surface area contributed by atoms with Crippen LogP contribution in [0, 0.1) is 0 Å². The average Bonchev–Trinajstić information content (AvgIpc) is 2.37. The normalized spacial score (nSPS) is 12.6. The van der Waals surface area contributed by atoms with Crippen LogP contribution in [-0.4, -0.2) is 30.0 Å². The van der Waals surface area contributed by atoms with E-state index < -0.39 is 17.7 Å². The second-order valence-corrected chi connectivity index (χ2v) is 5.59. The Labute approximate surface area is 125 Å². The predicted molar refractivity (Wildman–Crippen MR) is 80.4 cm³/mol. The predicted octanol–water partition coefficient (Wildman–Crippen LogP) is 2.32. The molecule has 1 rings (SSSR count). The first-order chi connectivity index (χ1) is 9.76. The van der Waals surface area contributed by atoms with Gasteiger partial charge in [-0.1, -0.05) is 6.07 Å². The van der Waals surface area contributed by atoms with Gasteiger partial charge in [-0.15, -0.1) is 0 Å². The summed E-state index contributed by atoms with van der Waals surface area (Å²) in [5.74, 6) is 0.410. The van der Waals surface area contributed by atoms with Crippen LogP contribution in [0.1, 0.15) is 39.3 Å². The number of carbonyl (C=O) groups excluding carboxylic acids is 1. The maximum atomic E-state index is 11.8. The summed E-state index contributed by atoms with van der Waals surface area (Å²) in [5, 5.41) is 12.4. The maximum absolute atomic E-state index is 11.8. The fourth-order valence-electron chi connectivity index (χ4n) is 1.75. The molecule has 6 heteroatoms. The van der Waals surface area contributed by atoms with Gasteiger partial charge in [-0.25, -0.2) is 4.79 Å². The number of rotatable bonds is 5. The van der Waals surface area contributed by atoms with Gasteiger partial charge in [0.25, 0.3) is 0 Å². The molecule has 0 bridgehead atoms. The molecular weight excluding hydrogens is 272 g/mol. The Morgan fingerprint density at radius 1 is 1.43 bits per heavy atom. The molecule has 0 aromatic heterocycles. The number of aromatic hydroxyl groups is 1. The monoisotopic (exact) mass is 296 g/mol. The van der Waals surface area contributed by atoms with Crippen molar-refractivity contribution in [1.82, 2.24) is 5.32 Å². The van der Waals surface area contributed by atoms with Gasteiger partial charge in [0.15, 0.2) is 11.5 Å². The molecule has 118 valence electrons. The molecule has 0 fully saturated rings. The van der Waals surface area contributed by atoms with Crippen molar-refractivity contribution < 1.29 is 19.4 Å². The van der Waals surface area contributed by atoms with Gasteiger partial charge in [0.05, 0.1) is 12.6 Å². The quantitative estimate of drug-likeness (QED) is 0.775. The lowest BCUT2D eigenvalue weighted by Gasteiger charge is -2.23. The van der Waals surface area contributed by atoms with E-state index in [0.29, 0.717) is 12.4 Å². The van der Waals surface area contributed by atoms with Gasteiger partial charge in [-0.2, -0.15) is 0 Å². The zero-order valence-electron chi connectivity index (χ0n) is 13.0. The summed E-state index contributed by atoms with van der Waals surface area (Å²) in [6.45, 7) is 7.83. The molecule has 0 aliphatic rings. The summed E-state index contributed by atoms with van der Waals surface area (Å²) in [5.41, 5.74) is 5.87. The van der Waals surface area contributed by atoms with Crippen LogP contribution in [0.5, 0.6) is 11.5 Å². The van der Waals surface area contributed by atoms with Gasteiger partial charge in [-0.3, -0.25) is 0 Å². The highest BCUT2D eigenvalue weighted by Crippen LogP contribution is 2.29. The summed E-state index contributed by atoms with van der Waals surface area (Å²) in [4.78, 5) is 11.8. The highest BCUT2D eigenvalue weighted by Gasteiger charge is 2.20. The standard InChI is InChI=1S/C15H24N2O4/c1-5-20-13-8-10(6-7-12(13)18)11(9-16)17-14(19)21-15(2,3)4/h6-8,11,18H,5,9,16H2,1-4H3,(H,17,19). The van der Waals surface area contributed by atoms with Gasteiger partial charge in [0.2, 0.25) is 0 Å². The Morgan fingerprint density at radius 3 is 2.62 bits per heavy atom. The lowest BCUT2D eigenvalue weighted by atomic mass is 10.1. The number of nitrogens with two attached hydrogens (primary N) is 1. The van der Waals surface area contributed by atoms with Crippen molar-refractivity contribution in [2.24, 2.45) is 5.73 Å². The van der Waals surface area contributed by atoms with Crippen molar-refractivity contribution >= 4 is 6.09 Å². The van der Waals surface area contributed by atoms with E-state index in [-0.39, 0.29) is 12.3 Å². The van der Waals surface area contributed by atoms with Crippen LogP contribution in [0.3, 0.4) is 0 Å². The van der Waals surface area contributed by atoms with Crippen molar-refractivity contribution in [1.29, 1.82) is 0 Å². The molecule has 0 aliphatic carbocycles. The van der Waals surface area contributed by atoms with E-state index in [0.717, 1.165) is 5.56 Å². The van der Waals surface area contributed by atoms with Crippen LogP contribution >= 0.6 is 0 Å². The number of amides is 1. The largest absolute Gasteiger partial charge is 0.504 e. The minimum atomic E-state index is -0.575. The van der Waals surface area contributed by atoms with Gasteiger partial charge < -0.3 is 25.6 Å². The Kier molecular flexibility index (Phi) is 5.84. The number of phenols is 1. The van der Waals surface area contributed by atoms with Crippen molar-refractivity contribution in [3.63, 3.8) is 0 Å². The summed E-state index contributed by atoms with van der Waals surface area (Å²) in [7, 11) is 0. The minimum Gasteiger partial charge on any atom is -0.504 e. The van der Waals surface area contributed by atoms with E-state index >= 15 is 0 Å². The topological polar surface area (TPSA) is 93.8 Å². The van der Waals surface area contributed by atoms with Crippen LogP contribution in [0.2, 0.25) is 0 Å². The Balaban J connectivity index is 2.85. The van der Waals surface area contributed by atoms with Crippen LogP contribution in [0.4, 0.5) is 4.79 Å². The van der Waals surface area contributed by atoms with Crippen molar-refractivity contribution in [3.8, 4) is 11.5 Å². The van der Waals surface area contributed by atoms with Crippen molar-refractivity contribution in [2.75, 3.05) is 13.2 Å². The molecule has 0 radical (unpaired) electrons. The number of alkyl carbamates (subject to hydrolysis) is 1. The molecule has 0 saturated carbocycles. The third-order valence-electron chi connectivity index (χ3n) is 2.61. The number of hydrogen-bond acceptors (Lipinski definition) is 5. The molecule has 1 atom stereocenters.